The Hall–Kier alpha value is -2.28. The molecular weight excluding hydrogens is 299 g/mol. The molecule has 1 atom stereocenters. The van der Waals surface area contributed by atoms with Crippen molar-refractivity contribution >= 4 is 5.91 Å². The molecule has 23 heavy (non-hydrogen) atoms. The first kappa shape index (κ1) is 15.6. The number of aryl methyl sites for hydroxylation is 1. The van der Waals surface area contributed by atoms with Gasteiger partial charge in [0.15, 0.2) is 0 Å². The average molecular weight is 318 g/mol. The molecule has 2 aromatic rings. The molecule has 1 fully saturated rings. The van der Waals surface area contributed by atoms with Crippen LogP contribution in [0.4, 0.5) is 4.39 Å². The fourth-order valence-electron chi connectivity index (χ4n) is 2.94. The van der Waals surface area contributed by atoms with Gasteiger partial charge in [-0.2, -0.15) is 15.4 Å². The maximum Gasteiger partial charge on any atom is 0.223 e. The van der Waals surface area contributed by atoms with Crippen LogP contribution in [0.15, 0.2) is 30.5 Å². The van der Waals surface area contributed by atoms with E-state index < -0.39 is 5.60 Å². The van der Waals surface area contributed by atoms with Crippen LogP contribution in [0.3, 0.4) is 0 Å². The number of piperidine rings is 1. The van der Waals surface area contributed by atoms with Crippen molar-refractivity contribution in [1.82, 2.24) is 20.3 Å². The Labute approximate surface area is 133 Å². The lowest BCUT2D eigenvalue weighted by molar-refractivity contribution is -0.139. The maximum absolute atomic E-state index is 12.9. The lowest BCUT2D eigenvalue weighted by atomic mass is 9.90. The molecule has 1 amide bonds. The molecule has 1 aromatic heterocycles. The molecule has 1 aromatic carbocycles. The van der Waals surface area contributed by atoms with Crippen molar-refractivity contribution in [1.29, 1.82) is 0 Å². The van der Waals surface area contributed by atoms with Gasteiger partial charge in [0.2, 0.25) is 5.91 Å². The average Bonchev–Trinajstić information content (AvgIpc) is 3.09. The van der Waals surface area contributed by atoms with Crippen molar-refractivity contribution in [2.45, 2.75) is 31.3 Å². The molecular formula is C16H19FN4O2. The zero-order chi connectivity index (χ0) is 16.3. The van der Waals surface area contributed by atoms with Crippen molar-refractivity contribution in [3.63, 3.8) is 0 Å². The van der Waals surface area contributed by atoms with Gasteiger partial charge in [-0.3, -0.25) is 4.79 Å². The standard InChI is InChI=1S/C16H19FN4O2/c17-13-5-2-12(3-6-13)4-7-15(22)21-9-1-8-16(23,11-21)14-10-18-20-19-14/h2-3,5-6,10,23H,1,4,7-9,11H2,(H,18,19,20)/t16-/m0/s1. The molecule has 0 aliphatic carbocycles. The van der Waals surface area contributed by atoms with E-state index in [-0.39, 0.29) is 18.3 Å². The molecule has 1 aliphatic heterocycles. The Balaban J connectivity index is 1.60. The van der Waals surface area contributed by atoms with Crippen LogP contribution < -0.4 is 0 Å². The molecule has 2 N–H and O–H groups in total. The number of nitrogens with one attached hydrogen (secondary N) is 1. The number of aromatic nitrogens is 3. The molecule has 0 radical (unpaired) electrons. The predicted molar refractivity (Wildman–Crippen MR) is 80.8 cm³/mol. The van der Waals surface area contributed by atoms with Crippen LogP contribution in [-0.4, -0.2) is 44.4 Å². The van der Waals surface area contributed by atoms with Gasteiger partial charge in [0.25, 0.3) is 0 Å². The van der Waals surface area contributed by atoms with Crippen LogP contribution in [0.1, 0.15) is 30.5 Å². The number of amides is 1. The number of β-amino-alcohol motifs (C(OH)–C–C–N with tert-alkyl or cyclic N) is 1. The zero-order valence-corrected chi connectivity index (χ0v) is 12.7. The van der Waals surface area contributed by atoms with Crippen LogP contribution in [0.5, 0.6) is 0 Å². The number of rotatable bonds is 4. The highest BCUT2D eigenvalue weighted by molar-refractivity contribution is 5.76. The maximum atomic E-state index is 12.9. The highest BCUT2D eigenvalue weighted by Gasteiger charge is 2.38. The number of carbonyl (C=O) groups excluding carboxylic acids is 1. The zero-order valence-electron chi connectivity index (χ0n) is 12.7. The van der Waals surface area contributed by atoms with Gasteiger partial charge in [-0.25, -0.2) is 4.39 Å². The molecule has 122 valence electrons. The number of hydrogen-bond donors (Lipinski definition) is 2. The number of nitrogens with zero attached hydrogens (tertiary/aromatic N) is 3. The van der Waals surface area contributed by atoms with E-state index in [0.29, 0.717) is 37.9 Å². The highest BCUT2D eigenvalue weighted by atomic mass is 19.1. The van der Waals surface area contributed by atoms with E-state index in [0.717, 1.165) is 5.56 Å². The van der Waals surface area contributed by atoms with Gasteiger partial charge in [-0.15, -0.1) is 0 Å². The van der Waals surface area contributed by atoms with Crippen molar-refractivity contribution in [2.75, 3.05) is 13.1 Å². The molecule has 7 heteroatoms. The topological polar surface area (TPSA) is 82.1 Å². The molecule has 0 bridgehead atoms. The number of halogens is 1. The van der Waals surface area contributed by atoms with Crippen molar-refractivity contribution in [2.24, 2.45) is 0 Å². The number of benzene rings is 1. The lowest BCUT2D eigenvalue weighted by Crippen LogP contribution is -2.48. The first-order valence-corrected chi connectivity index (χ1v) is 7.68. The summed E-state index contributed by atoms with van der Waals surface area (Å²) in [4.78, 5) is 14.1. The lowest BCUT2D eigenvalue weighted by Gasteiger charge is -2.38. The first-order valence-electron chi connectivity index (χ1n) is 7.68. The molecule has 0 unspecified atom stereocenters. The summed E-state index contributed by atoms with van der Waals surface area (Å²) in [6.07, 6.45) is 3.65. The third kappa shape index (κ3) is 3.56. The fourth-order valence-corrected chi connectivity index (χ4v) is 2.94. The summed E-state index contributed by atoms with van der Waals surface area (Å²) in [6, 6.07) is 6.16. The molecule has 0 spiro atoms. The van der Waals surface area contributed by atoms with Gasteiger partial charge in [0.1, 0.15) is 17.1 Å². The summed E-state index contributed by atoms with van der Waals surface area (Å²) in [5, 5.41) is 20.9. The summed E-state index contributed by atoms with van der Waals surface area (Å²) in [7, 11) is 0. The van der Waals surface area contributed by atoms with Crippen LogP contribution >= 0.6 is 0 Å². The molecule has 1 saturated heterocycles. The third-order valence-corrected chi connectivity index (χ3v) is 4.26. The van der Waals surface area contributed by atoms with Gasteiger partial charge in [-0.05, 0) is 37.0 Å². The minimum atomic E-state index is -1.14. The Bertz CT molecular complexity index is 659. The van der Waals surface area contributed by atoms with Crippen molar-refractivity contribution in [3.8, 4) is 0 Å². The first-order chi connectivity index (χ1) is 11.1. The van der Waals surface area contributed by atoms with Gasteiger partial charge in [0.05, 0.1) is 12.7 Å². The summed E-state index contributed by atoms with van der Waals surface area (Å²) in [5.41, 5.74) is 0.244. The van der Waals surface area contributed by atoms with Crippen molar-refractivity contribution < 1.29 is 14.3 Å². The van der Waals surface area contributed by atoms with E-state index in [1.165, 1.54) is 18.3 Å². The SMILES string of the molecule is O=C(CCc1ccc(F)cc1)N1CCC[C@@](O)(c2cn[nH]n2)C1. The summed E-state index contributed by atoms with van der Waals surface area (Å²) in [6.45, 7) is 0.851. The van der Waals surface area contributed by atoms with Crippen LogP contribution in [0.2, 0.25) is 0 Å². The third-order valence-electron chi connectivity index (χ3n) is 4.26. The fraction of sp³-hybridized carbons (Fsp3) is 0.438. The van der Waals surface area contributed by atoms with E-state index in [2.05, 4.69) is 15.4 Å². The van der Waals surface area contributed by atoms with E-state index in [4.69, 9.17) is 0 Å². The number of carbonyl (C=O) groups is 1. The Kier molecular flexibility index (Phi) is 4.38. The Morgan fingerprint density at radius 2 is 2.17 bits per heavy atom. The van der Waals surface area contributed by atoms with Crippen LogP contribution in [0.25, 0.3) is 0 Å². The predicted octanol–water partition coefficient (Wildman–Crippen LogP) is 1.39. The summed E-state index contributed by atoms with van der Waals surface area (Å²) in [5.74, 6) is -0.301. The second-order valence-electron chi connectivity index (χ2n) is 5.93. The van der Waals surface area contributed by atoms with Gasteiger partial charge < -0.3 is 10.0 Å². The molecule has 3 rings (SSSR count). The number of aliphatic hydroxyl groups is 1. The Morgan fingerprint density at radius 1 is 1.39 bits per heavy atom. The number of likely N-dealkylation sites (tertiary alicyclic amines) is 1. The second-order valence-corrected chi connectivity index (χ2v) is 5.93. The quantitative estimate of drug-likeness (QED) is 0.892. The minimum Gasteiger partial charge on any atom is -0.382 e. The van der Waals surface area contributed by atoms with Gasteiger partial charge in [0, 0.05) is 13.0 Å². The highest BCUT2D eigenvalue weighted by Crippen LogP contribution is 2.30. The number of aromatic amines is 1. The van der Waals surface area contributed by atoms with E-state index in [1.807, 2.05) is 0 Å². The summed E-state index contributed by atoms with van der Waals surface area (Å²) >= 11 is 0. The van der Waals surface area contributed by atoms with Crippen LogP contribution in [-0.2, 0) is 16.8 Å². The second kappa shape index (κ2) is 6.45. The largest absolute Gasteiger partial charge is 0.382 e. The monoisotopic (exact) mass is 318 g/mol. The summed E-state index contributed by atoms with van der Waals surface area (Å²) < 4.78 is 12.9. The smallest absolute Gasteiger partial charge is 0.223 e. The molecule has 2 heterocycles. The molecule has 0 saturated carbocycles. The van der Waals surface area contributed by atoms with Crippen molar-refractivity contribution in [3.05, 3.63) is 47.5 Å². The van der Waals surface area contributed by atoms with E-state index in [1.54, 1.807) is 17.0 Å². The van der Waals surface area contributed by atoms with E-state index >= 15 is 0 Å². The Morgan fingerprint density at radius 3 is 2.87 bits per heavy atom. The minimum absolute atomic E-state index is 0.0176. The van der Waals surface area contributed by atoms with Gasteiger partial charge >= 0.3 is 0 Å². The van der Waals surface area contributed by atoms with Gasteiger partial charge in [-0.1, -0.05) is 12.1 Å². The molecule has 6 nitrogen and oxygen atoms in total. The van der Waals surface area contributed by atoms with Crippen LogP contribution in [0, 0.1) is 5.82 Å². The normalized spacial score (nSPS) is 21.4. The number of hydrogen-bond acceptors (Lipinski definition) is 4. The van der Waals surface area contributed by atoms with E-state index in [9.17, 15) is 14.3 Å². The number of H-pyrrole nitrogens is 1. The molecule has 1 aliphatic rings.